The maximum atomic E-state index is 12.2. The molecule has 1 aromatic carbocycles. The molecule has 0 saturated carbocycles. The molecule has 5 heteroatoms. The smallest absolute Gasteiger partial charge is 0.293 e. The predicted octanol–water partition coefficient (Wildman–Crippen LogP) is 3.92. The van der Waals surface area contributed by atoms with E-state index in [1.807, 2.05) is 52.0 Å². The van der Waals surface area contributed by atoms with Gasteiger partial charge in [0.25, 0.3) is 11.1 Å². The average molecular weight is 305 g/mol. The van der Waals surface area contributed by atoms with Gasteiger partial charge in [-0.15, -0.1) is 0 Å². The molecule has 0 radical (unpaired) electrons. The number of imide groups is 1. The van der Waals surface area contributed by atoms with Crippen LogP contribution >= 0.6 is 11.8 Å². The predicted molar refractivity (Wildman–Crippen MR) is 85.2 cm³/mol. The van der Waals surface area contributed by atoms with E-state index in [2.05, 4.69) is 0 Å². The van der Waals surface area contributed by atoms with Crippen molar-refractivity contribution in [3.63, 3.8) is 0 Å². The van der Waals surface area contributed by atoms with Crippen molar-refractivity contribution in [3.05, 3.63) is 34.7 Å². The number of carbonyl (C=O) groups is 2. The fraction of sp³-hybridized carbons (Fsp3) is 0.375. The Kier molecular flexibility index (Phi) is 4.73. The van der Waals surface area contributed by atoms with Crippen LogP contribution in [-0.4, -0.2) is 28.2 Å². The second kappa shape index (κ2) is 6.35. The molecule has 4 nitrogen and oxygen atoms in total. The number of benzene rings is 1. The second-order valence-electron chi connectivity index (χ2n) is 5.38. The second-order valence-corrected chi connectivity index (χ2v) is 6.37. The maximum absolute atomic E-state index is 12.2. The normalized spacial score (nSPS) is 17.4. The summed E-state index contributed by atoms with van der Waals surface area (Å²) in [5, 5.41) is -0.207. The summed E-state index contributed by atoms with van der Waals surface area (Å²) in [6.07, 6.45) is 1.87. The van der Waals surface area contributed by atoms with E-state index in [1.54, 1.807) is 6.08 Å². The van der Waals surface area contributed by atoms with Gasteiger partial charge in [0.1, 0.15) is 5.75 Å². The molecule has 112 valence electrons. The summed E-state index contributed by atoms with van der Waals surface area (Å²) >= 11 is 0.987. The van der Waals surface area contributed by atoms with E-state index in [-0.39, 0.29) is 23.3 Å². The number of carbonyl (C=O) groups excluding carboxylic acids is 2. The molecule has 0 aliphatic carbocycles. The highest BCUT2D eigenvalue weighted by Gasteiger charge is 2.36. The molecule has 1 aromatic rings. The Morgan fingerprint density at radius 1 is 1.10 bits per heavy atom. The molecular weight excluding hydrogens is 286 g/mol. The van der Waals surface area contributed by atoms with Crippen molar-refractivity contribution in [2.45, 2.75) is 39.8 Å². The fourth-order valence-corrected chi connectivity index (χ4v) is 2.95. The van der Waals surface area contributed by atoms with Gasteiger partial charge in [0.15, 0.2) is 0 Å². The first-order valence-electron chi connectivity index (χ1n) is 6.92. The Morgan fingerprint density at radius 2 is 1.71 bits per heavy atom. The van der Waals surface area contributed by atoms with Crippen LogP contribution in [0, 0.1) is 0 Å². The Bertz CT molecular complexity index is 576. The van der Waals surface area contributed by atoms with E-state index in [0.717, 1.165) is 23.1 Å². The van der Waals surface area contributed by atoms with E-state index in [0.29, 0.717) is 4.91 Å². The molecule has 0 spiro atoms. The monoisotopic (exact) mass is 305 g/mol. The number of hydrogen-bond donors (Lipinski definition) is 0. The van der Waals surface area contributed by atoms with Gasteiger partial charge in [-0.25, -0.2) is 0 Å². The summed E-state index contributed by atoms with van der Waals surface area (Å²) in [4.78, 5) is 25.7. The third-order valence-electron chi connectivity index (χ3n) is 2.89. The Morgan fingerprint density at radius 3 is 2.19 bits per heavy atom. The largest absolute Gasteiger partial charge is 0.491 e. The van der Waals surface area contributed by atoms with Crippen molar-refractivity contribution >= 4 is 29.0 Å². The van der Waals surface area contributed by atoms with Crippen LogP contribution in [0.2, 0.25) is 0 Å². The Balaban J connectivity index is 2.17. The molecule has 0 unspecified atom stereocenters. The first kappa shape index (κ1) is 15.6. The molecule has 1 aliphatic rings. The molecule has 1 fully saturated rings. The van der Waals surface area contributed by atoms with Crippen molar-refractivity contribution in [1.82, 2.24) is 4.90 Å². The zero-order chi connectivity index (χ0) is 15.6. The highest BCUT2D eigenvalue weighted by molar-refractivity contribution is 8.18. The molecule has 0 aromatic heterocycles. The topological polar surface area (TPSA) is 46.6 Å². The van der Waals surface area contributed by atoms with Crippen LogP contribution in [-0.2, 0) is 4.79 Å². The molecule has 1 heterocycles. The van der Waals surface area contributed by atoms with Gasteiger partial charge in [-0.05, 0) is 63.2 Å². The fourth-order valence-electron chi connectivity index (χ4n) is 1.99. The minimum atomic E-state index is -0.220. The standard InChI is InChI=1S/C16H19NO3S/c1-10(2)17-15(18)14(21-16(17)19)9-12-5-7-13(8-6-12)20-11(3)4/h5-11H,1-4H3/b14-9+. The summed E-state index contributed by atoms with van der Waals surface area (Å²) in [5.74, 6) is 0.569. The van der Waals surface area contributed by atoms with E-state index < -0.39 is 0 Å². The van der Waals surface area contributed by atoms with Crippen LogP contribution in [0.15, 0.2) is 29.2 Å². The number of thioether (sulfide) groups is 1. The van der Waals surface area contributed by atoms with E-state index in [9.17, 15) is 9.59 Å². The summed E-state index contributed by atoms with van der Waals surface area (Å²) in [6, 6.07) is 7.35. The van der Waals surface area contributed by atoms with Gasteiger partial charge >= 0.3 is 0 Å². The Labute approximate surface area is 129 Å². The zero-order valence-electron chi connectivity index (χ0n) is 12.6. The number of nitrogens with zero attached hydrogens (tertiary/aromatic N) is 1. The molecule has 1 aliphatic heterocycles. The molecule has 2 amide bonds. The first-order chi connectivity index (χ1) is 9.88. The molecule has 21 heavy (non-hydrogen) atoms. The van der Waals surface area contributed by atoms with Crippen LogP contribution in [0.25, 0.3) is 6.08 Å². The van der Waals surface area contributed by atoms with Crippen LogP contribution in [0.3, 0.4) is 0 Å². The molecule has 0 N–H and O–H groups in total. The lowest BCUT2D eigenvalue weighted by Crippen LogP contribution is -2.34. The van der Waals surface area contributed by atoms with Crippen LogP contribution in [0.1, 0.15) is 33.3 Å². The minimum absolute atomic E-state index is 0.120. The van der Waals surface area contributed by atoms with Crippen LogP contribution < -0.4 is 4.74 Å². The number of hydrogen-bond acceptors (Lipinski definition) is 4. The highest BCUT2D eigenvalue weighted by atomic mass is 32.2. The van der Waals surface area contributed by atoms with Crippen LogP contribution in [0.5, 0.6) is 5.75 Å². The van der Waals surface area contributed by atoms with E-state index in [1.165, 1.54) is 4.90 Å². The summed E-state index contributed by atoms with van der Waals surface area (Å²) in [6.45, 7) is 7.60. The SMILES string of the molecule is CC(C)Oc1ccc(/C=C2/SC(=O)N(C(C)C)C2=O)cc1. The molecule has 1 saturated heterocycles. The Hall–Kier alpha value is -1.75. The van der Waals surface area contributed by atoms with E-state index in [4.69, 9.17) is 4.74 Å². The summed E-state index contributed by atoms with van der Waals surface area (Å²) in [5.41, 5.74) is 0.875. The highest BCUT2D eigenvalue weighted by Crippen LogP contribution is 2.33. The third-order valence-corrected chi connectivity index (χ3v) is 3.77. The maximum Gasteiger partial charge on any atom is 0.293 e. The average Bonchev–Trinajstić information content (AvgIpc) is 2.66. The van der Waals surface area contributed by atoms with E-state index >= 15 is 0 Å². The molecule has 2 rings (SSSR count). The molecule has 0 bridgehead atoms. The van der Waals surface area contributed by atoms with Gasteiger partial charge in [-0.2, -0.15) is 0 Å². The van der Waals surface area contributed by atoms with Gasteiger partial charge in [0.05, 0.1) is 11.0 Å². The summed E-state index contributed by atoms with van der Waals surface area (Å²) in [7, 11) is 0. The van der Waals surface area contributed by atoms with Crippen molar-refractivity contribution < 1.29 is 14.3 Å². The van der Waals surface area contributed by atoms with Gasteiger partial charge in [0.2, 0.25) is 0 Å². The lowest BCUT2D eigenvalue weighted by atomic mass is 10.2. The van der Waals surface area contributed by atoms with Crippen molar-refractivity contribution in [1.29, 1.82) is 0 Å². The first-order valence-corrected chi connectivity index (χ1v) is 7.74. The lowest BCUT2D eigenvalue weighted by molar-refractivity contribution is -0.123. The van der Waals surface area contributed by atoms with Gasteiger partial charge in [0, 0.05) is 6.04 Å². The number of rotatable bonds is 4. The number of ether oxygens (including phenoxy) is 1. The van der Waals surface area contributed by atoms with Crippen LogP contribution in [0.4, 0.5) is 4.79 Å². The van der Waals surface area contributed by atoms with Gasteiger partial charge in [-0.3, -0.25) is 14.5 Å². The van der Waals surface area contributed by atoms with Crippen molar-refractivity contribution in [2.24, 2.45) is 0 Å². The molecule has 0 atom stereocenters. The summed E-state index contributed by atoms with van der Waals surface area (Å²) < 4.78 is 5.57. The van der Waals surface area contributed by atoms with Crippen molar-refractivity contribution in [3.8, 4) is 5.75 Å². The lowest BCUT2D eigenvalue weighted by Gasteiger charge is -2.16. The van der Waals surface area contributed by atoms with Gasteiger partial charge < -0.3 is 4.74 Å². The van der Waals surface area contributed by atoms with Crippen molar-refractivity contribution in [2.75, 3.05) is 0 Å². The minimum Gasteiger partial charge on any atom is -0.491 e. The number of amides is 2. The third kappa shape index (κ3) is 3.67. The molecular formula is C16H19NO3S. The quantitative estimate of drug-likeness (QED) is 0.791. The zero-order valence-corrected chi connectivity index (χ0v) is 13.4. The van der Waals surface area contributed by atoms with Gasteiger partial charge in [-0.1, -0.05) is 12.1 Å².